The van der Waals surface area contributed by atoms with Gasteiger partial charge in [-0.2, -0.15) is 0 Å². The van der Waals surface area contributed by atoms with Gasteiger partial charge in [0.15, 0.2) is 5.82 Å². The van der Waals surface area contributed by atoms with Crippen LogP contribution in [-0.2, 0) is 11.3 Å². The predicted molar refractivity (Wildman–Crippen MR) is 136 cm³/mol. The molecule has 0 unspecified atom stereocenters. The topological polar surface area (TPSA) is 93.0 Å². The number of benzene rings is 2. The van der Waals surface area contributed by atoms with Gasteiger partial charge >= 0.3 is 0 Å². The summed E-state index contributed by atoms with van der Waals surface area (Å²) in [4.78, 5) is 31.6. The van der Waals surface area contributed by atoms with Crippen LogP contribution in [-0.4, -0.2) is 38.7 Å². The van der Waals surface area contributed by atoms with Crippen molar-refractivity contribution in [1.82, 2.24) is 19.7 Å². The second-order valence-corrected chi connectivity index (χ2v) is 8.56. The highest BCUT2D eigenvalue weighted by Crippen LogP contribution is 2.22. The first-order valence-electron chi connectivity index (χ1n) is 11.8. The number of nitrogens with one attached hydrogen (secondary N) is 1. The number of carbonyl (C=O) groups is 1. The smallest absolute Gasteiger partial charge is 0.254 e. The zero-order valence-corrected chi connectivity index (χ0v) is 19.3. The highest BCUT2D eigenvalue weighted by atomic mass is 16.2. The molecule has 8 heteroatoms. The van der Waals surface area contributed by atoms with E-state index in [0.29, 0.717) is 11.4 Å². The minimum Gasteiger partial charge on any atom is -0.355 e. The van der Waals surface area contributed by atoms with Gasteiger partial charge in [-0.3, -0.25) is 14.2 Å². The molecule has 5 rings (SSSR count). The lowest BCUT2D eigenvalue weighted by atomic mass is 10.1. The number of hydrogen-bond acceptors (Lipinski definition) is 6. The number of hydrogen-bond donors (Lipinski definition) is 1. The Hall–Kier alpha value is -4.33. The van der Waals surface area contributed by atoms with Crippen molar-refractivity contribution in [2.45, 2.75) is 25.8 Å². The molecule has 0 aliphatic carbocycles. The van der Waals surface area contributed by atoms with Crippen molar-refractivity contribution in [3.63, 3.8) is 0 Å². The van der Waals surface area contributed by atoms with Crippen LogP contribution in [0.1, 0.15) is 19.3 Å². The summed E-state index contributed by atoms with van der Waals surface area (Å²) in [5.74, 6) is 0.610. The first kappa shape index (κ1) is 22.5. The standard InChI is InChI=1S/C27H26N6O2/c34-26(18-33-19-28-24(17-27(33)35)20-7-3-1-4-8-20)29-22-11-9-21(10-12-22)23-13-14-25(31-30-23)32-15-5-2-6-16-32/h1,3-4,7-14,17,19H,2,5-6,15-16,18H2,(H,29,34). The van der Waals surface area contributed by atoms with E-state index in [1.54, 1.807) is 0 Å². The number of aromatic nitrogens is 4. The van der Waals surface area contributed by atoms with Crippen molar-refractivity contribution in [3.05, 3.63) is 89.5 Å². The minimum atomic E-state index is -0.306. The molecule has 35 heavy (non-hydrogen) atoms. The maximum absolute atomic E-state index is 12.5. The molecule has 2 aromatic carbocycles. The van der Waals surface area contributed by atoms with E-state index in [2.05, 4.69) is 25.4 Å². The fraction of sp³-hybridized carbons (Fsp3) is 0.222. The van der Waals surface area contributed by atoms with E-state index in [0.717, 1.165) is 35.7 Å². The highest BCUT2D eigenvalue weighted by Gasteiger charge is 2.13. The van der Waals surface area contributed by atoms with Gasteiger partial charge in [0.2, 0.25) is 5.91 Å². The molecule has 1 amide bonds. The summed E-state index contributed by atoms with van der Waals surface area (Å²) in [6, 6.07) is 22.3. The molecular weight excluding hydrogens is 440 g/mol. The summed E-state index contributed by atoms with van der Waals surface area (Å²) >= 11 is 0. The fourth-order valence-corrected chi connectivity index (χ4v) is 4.16. The Balaban J connectivity index is 1.20. The van der Waals surface area contributed by atoms with Gasteiger partial charge in [0.1, 0.15) is 6.54 Å². The Bertz CT molecular complexity index is 1350. The Morgan fingerprint density at radius 3 is 2.26 bits per heavy atom. The zero-order chi connectivity index (χ0) is 24.0. The SMILES string of the molecule is O=C(Cn1cnc(-c2ccccc2)cc1=O)Nc1ccc(-c2ccc(N3CCCCC3)nn2)cc1. The third-order valence-corrected chi connectivity index (χ3v) is 6.06. The van der Waals surface area contributed by atoms with E-state index in [-0.39, 0.29) is 18.0 Å². The quantitative estimate of drug-likeness (QED) is 0.462. The minimum absolute atomic E-state index is 0.119. The van der Waals surface area contributed by atoms with Crippen LogP contribution in [0.15, 0.2) is 83.9 Å². The van der Waals surface area contributed by atoms with Crippen LogP contribution < -0.4 is 15.8 Å². The van der Waals surface area contributed by atoms with E-state index >= 15 is 0 Å². The number of rotatable bonds is 6. The maximum atomic E-state index is 12.5. The molecule has 2 aromatic heterocycles. The number of nitrogens with zero attached hydrogens (tertiary/aromatic N) is 5. The van der Waals surface area contributed by atoms with Crippen molar-refractivity contribution in [1.29, 1.82) is 0 Å². The largest absolute Gasteiger partial charge is 0.355 e. The summed E-state index contributed by atoms with van der Waals surface area (Å²) < 4.78 is 1.29. The van der Waals surface area contributed by atoms with Crippen LogP contribution in [0.25, 0.3) is 22.5 Å². The van der Waals surface area contributed by atoms with Crippen LogP contribution in [0.3, 0.4) is 0 Å². The average Bonchev–Trinajstić information content (AvgIpc) is 2.91. The maximum Gasteiger partial charge on any atom is 0.254 e. The molecule has 1 aliphatic rings. The summed E-state index contributed by atoms with van der Waals surface area (Å²) in [5, 5.41) is 11.6. The highest BCUT2D eigenvalue weighted by molar-refractivity contribution is 5.90. The summed E-state index contributed by atoms with van der Waals surface area (Å²) in [6.45, 7) is 1.94. The van der Waals surface area contributed by atoms with Crippen LogP contribution in [0.5, 0.6) is 0 Å². The van der Waals surface area contributed by atoms with Crippen molar-refractivity contribution in [3.8, 4) is 22.5 Å². The molecule has 0 radical (unpaired) electrons. The lowest BCUT2D eigenvalue weighted by Gasteiger charge is -2.27. The van der Waals surface area contributed by atoms with Crippen LogP contribution in [0.2, 0.25) is 0 Å². The second-order valence-electron chi connectivity index (χ2n) is 8.56. The molecule has 0 spiro atoms. The van der Waals surface area contributed by atoms with E-state index in [1.807, 2.05) is 66.7 Å². The first-order valence-corrected chi connectivity index (χ1v) is 11.8. The first-order chi connectivity index (χ1) is 17.2. The van der Waals surface area contributed by atoms with Gasteiger partial charge in [-0.15, -0.1) is 10.2 Å². The molecule has 1 fully saturated rings. The lowest BCUT2D eigenvalue weighted by molar-refractivity contribution is -0.116. The number of piperidine rings is 1. The molecule has 1 aliphatic heterocycles. The Labute approximate surface area is 203 Å². The van der Waals surface area contributed by atoms with Crippen LogP contribution >= 0.6 is 0 Å². The number of anilines is 2. The summed E-state index contributed by atoms with van der Waals surface area (Å²) in [7, 11) is 0. The van der Waals surface area contributed by atoms with Gasteiger partial charge in [0.05, 0.1) is 17.7 Å². The van der Waals surface area contributed by atoms with Gasteiger partial charge in [-0.1, -0.05) is 42.5 Å². The van der Waals surface area contributed by atoms with Crippen molar-refractivity contribution >= 4 is 17.4 Å². The van der Waals surface area contributed by atoms with Gasteiger partial charge in [-0.05, 0) is 43.5 Å². The Kier molecular flexibility index (Phi) is 6.61. The van der Waals surface area contributed by atoms with E-state index in [4.69, 9.17) is 0 Å². The average molecular weight is 467 g/mol. The Morgan fingerprint density at radius 2 is 1.57 bits per heavy atom. The lowest BCUT2D eigenvalue weighted by Crippen LogP contribution is -2.30. The molecule has 176 valence electrons. The zero-order valence-electron chi connectivity index (χ0n) is 19.3. The summed E-state index contributed by atoms with van der Waals surface area (Å²) in [6.07, 6.45) is 5.07. The second kappa shape index (κ2) is 10.3. The van der Waals surface area contributed by atoms with Crippen molar-refractivity contribution in [2.24, 2.45) is 0 Å². The molecular formula is C27H26N6O2. The monoisotopic (exact) mass is 466 g/mol. The molecule has 0 bridgehead atoms. The molecule has 1 saturated heterocycles. The van der Waals surface area contributed by atoms with Crippen LogP contribution in [0, 0.1) is 0 Å². The van der Waals surface area contributed by atoms with Gasteiger partial charge in [0.25, 0.3) is 5.56 Å². The third-order valence-electron chi connectivity index (χ3n) is 6.06. The molecule has 0 atom stereocenters. The summed E-state index contributed by atoms with van der Waals surface area (Å²) in [5.41, 5.74) is 3.48. The normalized spacial score (nSPS) is 13.4. The number of amides is 1. The fourth-order valence-electron chi connectivity index (χ4n) is 4.16. The van der Waals surface area contributed by atoms with Crippen LogP contribution in [0.4, 0.5) is 11.5 Å². The van der Waals surface area contributed by atoms with E-state index < -0.39 is 0 Å². The van der Waals surface area contributed by atoms with E-state index in [1.165, 1.54) is 36.2 Å². The predicted octanol–water partition coefficient (Wildman–Crippen LogP) is 4.00. The molecule has 4 aromatic rings. The van der Waals surface area contributed by atoms with E-state index in [9.17, 15) is 9.59 Å². The number of carbonyl (C=O) groups excluding carboxylic acids is 1. The van der Waals surface area contributed by atoms with Gasteiger partial charge < -0.3 is 10.2 Å². The Morgan fingerprint density at radius 1 is 0.829 bits per heavy atom. The molecule has 1 N–H and O–H groups in total. The van der Waals surface area contributed by atoms with Gasteiger partial charge in [0, 0.05) is 36.0 Å². The van der Waals surface area contributed by atoms with Crippen molar-refractivity contribution < 1.29 is 4.79 Å². The molecule has 3 heterocycles. The molecule has 8 nitrogen and oxygen atoms in total. The molecule has 0 saturated carbocycles. The third kappa shape index (κ3) is 5.43. The van der Waals surface area contributed by atoms with Crippen molar-refractivity contribution in [2.75, 3.05) is 23.3 Å². The van der Waals surface area contributed by atoms with Gasteiger partial charge in [-0.25, -0.2) is 4.98 Å².